The fraction of sp³-hybridized carbons (Fsp3) is 0.286. The number of benzene rings is 2. The zero-order valence-corrected chi connectivity index (χ0v) is 17.7. The highest BCUT2D eigenvalue weighted by atomic mass is 35.5. The number of morpholine rings is 1. The van der Waals surface area contributed by atoms with Crippen LogP contribution in [0.3, 0.4) is 0 Å². The quantitative estimate of drug-likeness (QED) is 0.652. The number of carbonyl (C=O) groups excluding carboxylic acids is 1. The molecule has 0 bridgehead atoms. The number of hydrogen-bond donors (Lipinski definition) is 0. The fourth-order valence-electron chi connectivity index (χ4n) is 3.20. The SMILES string of the molecule is C=CCN(c1ccccc1Cl)S(=O)(=O)c1cccc(C(=O)N2CCOC(C)C2)c1. The predicted molar refractivity (Wildman–Crippen MR) is 114 cm³/mol. The third kappa shape index (κ3) is 4.63. The first kappa shape index (κ1) is 21.4. The van der Waals surface area contributed by atoms with Gasteiger partial charge in [-0.2, -0.15) is 0 Å². The lowest BCUT2D eigenvalue weighted by Gasteiger charge is -2.31. The topological polar surface area (TPSA) is 66.9 Å². The van der Waals surface area contributed by atoms with E-state index in [1.165, 1.54) is 22.5 Å². The molecule has 1 aliphatic rings. The van der Waals surface area contributed by atoms with Crippen LogP contribution in [0.1, 0.15) is 17.3 Å². The van der Waals surface area contributed by atoms with E-state index in [-0.39, 0.29) is 23.5 Å². The molecule has 0 spiro atoms. The van der Waals surface area contributed by atoms with Gasteiger partial charge >= 0.3 is 0 Å². The lowest BCUT2D eigenvalue weighted by molar-refractivity contribution is -0.0124. The van der Waals surface area contributed by atoms with Crippen LogP contribution >= 0.6 is 11.6 Å². The average molecular weight is 435 g/mol. The average Bonchev–Trinajstić information content (AvgIpc) is 2.72. The Hall–Kier alpha value is -2.35. The molecule has 2 aromatic carbocycles. The number of carbonyl (C=O) groups is 1. The van der Waals surface area contributed by atoms with Gasteiger partial charge in [-0.1, -0.05) is 35.9 Å². The van der Waals surface area contributed by atoms with Gasteiger partial charge in [-0.25, -0.2) is 8.42 Å². The van der Waals surface area contributed by atoms with Crippen LogP contribution in [0, 0.1) is 0 Å². The molecule has 1 atom stereocenters. The van der Waals surface area contributed by atoms with Crippen molar-refractivity contribution < 1.29 is 17.9 Å². The van der Waals surface area contributed by atoms with Gasteiger partial charge in [-0.15, -0.1) is 6.58 Å². The molecule has 0 aliphatic carbocycles. The molecular weight excluding hydrogens is 412 g/mol. The van der Waals surface area contributed by atoms with E-state index in [4.69, 9.17) is 16.3 Å². The first-order valence-electron chi connectivity index (χ1n) is 9.23. The second kappa shape index (κ2) is 8.98. The van der Waals surface area contributed by atoms with E-state index >= 15 is 0 Å². The Morgan fingerprint density at radius 2 is 2.07 bits per heavy atom. The maximum Gasteiger partial charge on any atom is 0.264 e. The number of amides is 1. The zero-order chi connectivity index (χ0) is 21.0. The van der Waals surface area contributed by atoms with Crippen LogP contribution in [0.5, 0.6) is 0 Å². The van der Waals surface area contributed by atoms with Gasteiger partial charge < -0.3 is 9.64 Å². The number of ether oxygens (including phenoxy) is 1. The van der Waals surface area contributed by atoms with Crippen molar-refractivity contribution in [2.24, 2.45) is 0 Å². The lowest BCUT2D eigenvalue weighted by atomic mass is 10.2. The molecule has 0 saturated carbocycles. The highest BCUT2D eigenvalue weighted by molar-refractivity contribution is 7.92. The van der Waals surface area contributed by atoms with Crippen LogP contribution in [0.25, 0.3) is 0 Å². The van der Waals surface area contributed by atoms with Gasteiger partial charge in [-0.3, -0.25) is 9.10 Å². The molecule has 6 nitrogen and oxygen atoms in total. The van der Waals surface area contributed by atoms with Crippen LogP contribution in [-0.2, 0) is 14.8 Å². The van der Waals surface area contributed by atoms with E-state index in [2.05, 4.69) is 6.58 Å². The van der Waals surface area contributed by atoms with Crippen molar-refractivity contribution in [3.05, 3.63) is 71.8 Å². The van der Waals surface area contributed by atoms with Crippen LogP contribution in [0.4, 0.5) is 5.69 Å². The largest absolute Gasteiger partial charge is 0.375 e. The molecule has 0 aromatic heterocycles. The monoisotopic (exact) mass is 434 g/mol. The lowest BCUT2D eigenvalue weighted by Crippen LogP contribution is -2.44. The Bertz CT molecular complexity index is 1010. The number of hydrogen-bond acceptors (Lipinski definition) is 4. The van der Waals surface area contributed by atoms with Crippen molar-refractivity contribution in [2.75, 3.05) is 30.5 Å². The second-order valence-corrected chi connectivity index (χ2v) is 9.01. The number of anilines is 1. The summed E-state index contributed by atoms with van der Waals surface area (Å²) >= 11 is 6.23. The smallest absolute Gasteiger partial charge is 0.264 e. The number of nitrogens with zero attached hydrogens (tertiary/aromatic N) is 2. The van der Waals surface area contributed by atoms with Gasteiger partial charge in [0.1, 0.15) is 0 Å². The van der Waals surface area contributed by atoms with E-state index in [1.54, 1.807) is 41.3 Å². The van der Waals surface area contributed by atoms with Crippen molar-refractivity contribution in [3.63, 3.8) is 0 Å². The van der Waals surface area contributed by atoms with Gasteiger partial charge in [0, 0.05) is 18.7 Å². The molecule has 0 N–H and O–H groups in total. The van der Waals surface area contributed by atoms with Crippen molar-refractivity contribution in [3.8, 4) is 0 Å². The van der Waals surface area contributed by atoms with E-state index in [0.29, 0.717) is 36.0 Å². The zero-order valence-electron chi connectivity index (χ0n) is 16.1. The Kier molecular flexibility index (Phi) is 6.62. The maximum atomic E-state index is 13.4. The maximum absolute atomic E-state index is 13.4. The van der Waals surface area contributed by atoms with Gasteiger partial charge in [0.05, 0.1) is 34.9 Å². The molecule has 0 radical (unpaired) electrons. The first-order valence-corrected chi connectivity index (χ1v) is 11.1. The van der Waals surface area contributed by atoms with Gasteiger partial charge in [0.2, 0.25) is 0 Å². The third-order valence-electron chi connectivity index (χ3n) is 4.61. The molecule has 1 fully saturated rings. The minimum atomic E-state index is -3.95. The number of sulfonamides is 1. The van der Waals surface area contributed by atoms with Crippen molar-refractivity contribution in [1.82, 2.24) is 4.90 Å². The summed E-state index contributed by atoms with van der Waals surface area (Å²) in [4.78, 5) is 14.6. The number of rotatable bonds is 6. The van der Waals surface area contributed by atoms with Gasteiger partial charge in [0.25, 0.3) is 15.9 Å². The first-order chi connectivity index (χ1) is 13.8. The molecule has 8 heteroatoms. The normalized spacial score (nSPS) is 17.0. The minimum Gasteiger partial charge on any atom is -0.375 e. The van der Waals surface area contributed by atoms with Crippen molar-refractivity contribution >= 4 is 33.2 Å². The summed E-state index contributed by atoms with van der Waals surface area (Å²) in [7, 11) is -3.95. The molecule has 1 heterocycles. The summed E-state index contributed by atoms with van der Waals surface area (Å²) in [5, 5.41) is 0.312. The Morgan fingerprint density at radius 1 is 1.31 bits per heavy atom. The highest BCUT2D eigenvalue weighted by Gasteiger charge is 2.28. The molecule has 154 valence electrons. The number of halogens is 1. The minimum absolute atomic E-state index is 0.0198. The Morgan fingerprint density at radius 3 is 2.76 bits per heavy atom. The van der Waals surface area contributed by atoms with E-state index in [1.807, 2.05) is 6.92 Å². The summed E-state index contributed by atoms with van der Waals surface area (Å²) in [6.07, 6.45) is 1.44. The summed E-state index contributed by atoms with van der Waals surface area (Å²) in [5.74, 6) is -0.217. The second-order valence-electron chi connectivity index (χ2n) is 6.74. The number of para-hydroxylation sites is 1. The van der Waals surface area contributed by atoms with Crippen LogP contribution in [0.2, 0.25) is 5.02 Å². The van der Waals surface area contributed by atoms with Crippen molar-refractivity contribution in [2.45, 2.75) is 17.9 Å². The molecule has 2 aromatic rings. The van der Waals surface area contributed by atoms with Crippen LogP contribution in [0.15, 0.2) is 66.1 Å². The molecule has 1 amide bonds. The van der Waals surface area contributed by atoms with E-state index in [9.17, 15) is 13.2 Å². The molecule has 1 aliphatic heterocycles. The molecule has 3 rings (SSSR count). The summed E-state index contributed by atoms with van der Waals surface area (Å²) in [5.41, 5.74) is 0.672. The van der Waals surface area contributed by atoms with Crippen molar-refractivity contribution in [1.29, 1.82) is 0 Å². The van der Waals surface area contributed by atoms with Crippen LogP contribution < -0.4 is 4.31 Å². The predicted octanol–water partition coefficient (Wildman–Crippen LogP) is 3.58. The Labute approximate surface area is 176 Å². The molecule has 29 heavy (non-hydrogen) atoms. The fourth-order valence-corrected chi connectivity index (χ4v) is 4.99. The molecule has 1 saturated heterocycles. The third-order valence-corrected chi connectivity index (χ3v) is 6.71. The molecular formula is C21H23ClN2O4S. The summed E-state index contributed by atoms with van der Waals surface area (Å²) < 4.78 is 33.4. The molecule has 1 unspecified atom stereocenters. The highest BCUT2D eigenvalue weighted by Crippen LogP contribution is 2.30. The summed E-state index contributed by atoms with van der Waals surface area (Å²) in [6.45, 7) is 7.01. The van der Waals surface area contributed by atoms with Crippen LogP contribution in [-0.4, -0.2) is 51.6 Å². The Balaban J connectivity index is 1.96. The van der Waals surface area contributed by atoms with E-state index in [0.717, 1.165) is 0 Å². The van der Waals surface area contributed by atoms with E-state index < -0.39 is 10.0 Å². The van der Waals surface area contributed by atoms with Gasteiger partial charge in [0.15, 0.2) is 0 Å². The standard InChI is InChI=1S/C21H23ClN2O4S/c1-3-11-24(20-10-5-4-9-19(20)22)29(26,27)18-8-6-7-17(14-18)21(25)23-12-13-28-16(2)15-23/h3-10,14,16H,1,11-13,15H2,2H3. The van der Waals surface area contributed by atoms with Gasteiger partial charge in [-0.05, 0) is 37.3 Å². The summed E-state index contributed by atoms with van der Waals surface area (Å²) in [6, 6.07) is 12.8.